The van der Waals surface area contributed by atoms with Gasteiger partial charge in [-0.2, -0.15) is 0 Å². The van der Waals surface area contributed by atoms with Crippen LogP contribution in [-0.2, 0) is 4.74 Å². The fraction of sp³-hybridized carbons (Fsp3) is 0.429. The smallest absolute Gasteiger partial charge is 0.340 e. The maximum atomic E-state index is 13.8. The van der Waals surface area contributed by atoms with E-state index in [1.54, 1.807) is 12.1 Å². The van der Waals surface area contributed by atoms with Gasteiger partial charge in [-0.05, 0) is 53.2 Å². The van der Waals surface area contributed by atoms with Crippen LogP contribution in [0.25, 0.3) is 0 Å². The van der Waals surface area contributed by atoms with E-state index in [9.17, 15) is 14.0 Å². The first-order chi connectivity index (χ1) is 14.9. The highest BCUT2D eigenvalue weighted by molar-refractivity contribution is 9.10. The molecule has 31 heavy (non-hydrogen) atoms. The lowest BCUT2D eigenvalue weighted by Gasteiger charge is -2.18. The van der Waals surface area contributed by atoms with Crippen LogP contribution < -0.4 is 10.2 Å². The van der Waals surface area contributed by atoms with Crippen molar-refractivity contribution in [3.05, 3.63) is 45.8 Å². The molecule has 1 aromatic carbocycles. The molecule has 0 atom stereocenters. The van der Waals surface area contributed by atoms with Crippen LogP contribution in [0.15, 0.2) is 28.7 Å². The molecule has 2 heterocycles. The number of unbranched alkanes of at least 4 members (excludes halogenated alkanes) is 2. The second kappa shape index (κ2) is 10.6. The zero-order valence-electron chi connectivity index (χ0n) is 17.5. The third kappa shape index (κ3) is 5.76. The number of benzene rings is 1. The zero-order valence-corrected chi connectivity index (χ0v) is 19.1. The van der Waals surface area contributed by atoms with Crippen molar-refractivity contribution < 1.29 is 18.7 Å². The minimum absolute atomic E-state index is 0.0824. The molecular weight excluding hydrogens is 469 g/mol. The van der Waals surface area contributed by atoms with Crippen LogP contribution in [-0.4, -0.2) is 60.4 Å². The van der Waals surface area contributed by atoms with Gasteiger partial charge in [-0.3, -0.25) is 9.69 Å². The average Bonchev–Trinajstić information content (AvgIpc) is 3.24. The normalized spacial score (nSPS) is 14.0. The molecular formula is C21H25BrFN5O3. The Morgan fingerprint density at radius 2 is 2.03 bits per heavy atom. The highest BCUT2D eigenvalue weighted by atomic mass is 79.9. The van der Waals surface area contributed by atoms with Crippen molar-refractivity contribution in [2.24, 2.45) is 0 Å². The first-order valence-corrected chi connectivity index (χ1v) is 10.9. The quantitative estimate of drug-likeness (QED) is 0.443. The van der Waals surface area contributed by atoms with E-state index in [0.29, 0.717) is 5.82 Å². The molecule has 8 nitrogen and oxygen atoms in total. The SMILES string of the molecule is CCCCCN1CCN(c2ccc(C(=O)Nc3cc(Br)c(F)cc3C(=O)OC)nn2)C1. The largest absolute Gasteiger partial charge is 0.465 e. The van der Waals surface area contributed by atoms with Crippen LogP contribution in [0.3, 0.4) is 0 Å². The molecule has 1 aliphatic rings. The third-order valence-electron chi connectivity index (χ3n) is 5.06. The summed E-state index contributed by atoms with van der Waals surface area (Å²) in [6, 6.07) is 5.63. The molecule has 2 aromatic rings. The predicted octanol–water partition coefficient (Wildman–Crippen LogP) is 3.69. The van der Waals surface area contributed by atoms with E-state index in [0.717, 1.165) is 32.4 Å². The molecule has 1 amide bonds. The molecule has 0 radical (unpaired) electrons. The summed E-state index contributed by atoms with van der Waals surface area (Å²) in [4.78, 5) is 29.0. The number of hydrogen-bond donors (Lipinski definition) is 1. The Kier molecular flexibility index (Phi) is 7.91. The van der Waals surface area contributed by atoms with Crippen LogP contribution in [0.2, 0.25) is 0 Å². The van der Waals surface area contributed by atoms with Crippen molar-refractivity contribution in [3.63, 3.8) is 0 Å². The van der Waals surface area contributed by atoms with E-state index in [1.807, 2.05) is 0 Å². The lowest BCUT2D eigenvalue weighted by atomic mass is 10.1. The summed E-state index contributed by atoms with van der Waals surface area (Å²) in [5.74, 6) is -1.27. The van der Waals surface area contributed by atoms with E-state index in [4.69, 9.17) is 0 Å². The number of esters is 1. The van der Waals surface area contributed by atoms with Gasteiger partial charge >= 0.3 is 5.97 Å². The van der Waals surface area contributed by atoms with E-state index in [-0.39, 0.29) is 21.4 Å². The van der Waals surface area contributed by atoms with Gasteiger partial charge in [0.25, 0.3) is 5.91 Å². The number of nitrogens with zero attached hydrogens (tertiary/aromatic N) is 4. The lowest BCUT2D eigenvalue weighted by Crippen LogP contribution is -2.27. The average molecular weight is 494 g/mol. The van der Waals surface area contributed by atoms with Crippen LogP contribution in [0.1, 0.15) is 47.0 Å². The fourth-order valence-electron chi connectivity index (χ4n) is 3.33. The number of nitrogens with one attached hydrogen (secondary N) is 1. The summed E-state index contributed by atoms with van der Waals surface area (Å²) in [6.07, 6.45) is 3.60. The number of carbonyl (C=O) groups excluding carboxylic acids is 2. The van der Waals surface area contributed by atoms with Gasteiger partial charge in [-0.1, -0.05) is 19.8 Å². The first kappa shape index (κ1) is 23.1. The minimum atomic E-state index is -0.763. The van der Waals surface area contributed by atoms with Crippen molar-refractivity contribution in [1.29, 1.82) is 0 Å². The zero-order chi connectivity index (χ0) is 22.4. The van der Waals surface area contributed by atoms with Crippen LogP contribution in [0.5, 0.6) is 0 Å². The van der Waals surface area contributed by atoms with Gasteiger partial charge in [0.2, 0.25) is 0 Å². The summed E-state index contributed by atoms with van der Waals surface area (Å²) in [5, 5.41) is 10.8. The lowest BCUT2D eigenvalue weighted by molar-refractivity contribution is 0.0601. The number of amides is 1. The Bertz CT molecular complexity index is 941. The molecule has 1 saturated heterocycles. The highest BCUT2D eigenvalue weighted by Crippen LogP contribution is 2.26. The number of anilines is 2. The molecule has 10 heteroatoms. The maximum Gasteiger partial charge on any atom is 0.340 e. The second-order valence-electron chi connectivity index (χ2n) is 7.26. The topological polar surface area (TPSA) is 87.7 Å². The molecule has 166 valence electrons. The number of methoxy groups -OCH3 is 1. The molecule has 1 N–H and O–H groups in total. The summed E-state index contributed by atoms with van der Waals surface area (Å²) in [5.41, 5.74) is 0.0960. The number of hydrogen-bond acceptors (Lipinski definition) is 7. The van der Waals surface area contributed by atoms with Gasteiger partial charge in [0.1, 0.15) is 5.82 Å². The monoisotopic (exact) mass is 493 g/mol. The van der Waals surface area contributed by atoms with Gasteiger partial charge in [0.05, 0.1) is 29.5 Å². The number of aromatic nitrogens is 2. The Hall–Kier alpha value is -2.59. The van der Waals surface area contributed by atoms with Crippen molar-refractivity contribution in [2.75, 3.05) is 43.6 Å². The molecule has 0 saturated carbocycles. The highest BCUT2D eigenvalue weighted by Gasteiger charge is 2.22. The van der Waals surface area contributed by atoms with Crippen molar-refractivity contribution in [3.8, 4) is 0 Å². The molecule has 1 fully saturated rings. The van der Waals surface area contributed by atoms with Crippen molar-refractivity contribution >= 4 is 39.3 Å². The third-order valence-corrected chi connectivity index (χ3v) is 5.66. The molecule has 0 spiro atoms. The van der Waals surface area contributed by atoms with Gasteiger partial charge in [-0.25, -0.2) is 9.18 Å². The van der Waals surface area contributed by atoms with E-state index >= 15 is 0 Å². The Labute approximate surface area is 188 Å². The van der Waals surface area contributed by atoms with Crippen molar-refractivity contribution in [2.45, 2.75) is 26.2 Å². The minimum Gasteiger partial charge on any atom is -0.465 e. The number of carbonyl (C=O) groups is 2. The van der Waals surface area contributed by atoms with Gasteiger partial charge in [0.15, 0.2) is 11.5 Å². The Morgan fingerprint density at radius 1 is 1.23 bits per heavy atom. The van der Waals surface area contributed by atoms with Gasteiger partial charge in [-0.15, -0.1) is 10.2 Å². The summed E-state index contributed by atoms with van der Waals surface area (Å²) < 4.78 is 18.6. The fourth-order valence-corrected chi connectivity index (χ4v) is 3.67. The Balaban J connectivity index is 1.66. The summed E-state index contributed by atoms with van der Waals surface area (Å²) in [6.45, 7) is 5.88. The number of rotatable bonds is 8. The predicted molar refractivity (Wildman–Crippen MR) is 119 cm³/mol. The van der Waals surface area contributed by atoms with Crippen molar-refractivity contribution in [1.82, 2.24) is 15.1 Å². The standard InChI is InChI=1S/C21H25BrFN5O3/c1-3-4-5-8-27-9-10-28(13-27)19-7-6-17(25-26-19)20(29)24-18-12-15(22)16(23)11-14(18)21(30)31-2/h6-7,11-12H,3-5,8-10,13H2,1-2H3,(H,24,29). The molecule has 0 unspecified atom stereocenters. The second-order valence-corrected chi connectivity index (χ2v) is 8.12. The summed E-state index contributed by atoms with van der Waals surface area (Å²) in [7, 11) is 1.18. The molecule has 1 aromatic heterocycles. The van der Waals surface area contributed by atoms with Gasteiger partial charge < -0.3 is 15.0 Å². The molecule has 1 aliphatic heterocycles. The molecule has 3 rings (SSSR count). The van der Waals surface area contributed by atoms with E-state index in [2.05, 4.69) is 52.9 Å². The first-order valence-electron chi connectivity index (χ1n) is 10.1. The molecule has 0 aliphatic carbocycles. The number of halogens is 2. The van der Waals surface area contributed by atoms with Crippen LogP contribution >= 0.6 is 15.9 Å². The summed E-state index contributed by atoms with van der Waals surface area (Å²) >= 11 is 3.05. The Morgan fingerprint density at radius 3 is 2.71 bits per heavy atom. The van der Waals surface area contributed by atoms with E-state index < -0.39 is 17.7 Å². The number of ether oxygens (including phenoxy) is 1. The maximum absolute atomic E-state index is 13.8. The van der Waals surface area contributed by atoms with Crippen LogP contribution in [0, 0.1) is 5.82 Å². The molecule has 0 bridgehead atoms. The van der Waals surface area contributed by atoms with E-state index in [1.165, 1.54) is 32.4 Å². The van der Waals surface area contributed by atoms with Crippen LogP contribution in [0.4, 0.5) is 15.9 Å². The van der Waals surface area contributed by atoms with Gasteiger partial charge in [0, 0.05) is 13.1 Å².